The molecular formula is C11H16N4O. The van der Waals surface area contributed by atoms with E-state index in [-0.39, 0.29) is 6.61 Å². The van der Waals surface area contributed by atoms with E-state index < -0.39 is 0 Å². The number of anilines is 1. The quantitative estimate of drug-likeness (QED) is 0.714. The van der Waals surface area contributed by atoms with Crippen LogP contribution in [-0.2, 0) is 0 Å². The van der Waals surface area contributed by atoms with Crippen molar-refractivity contribution in [3.63, 3.8) is 0 Å². The number of aromatic nitrogens is 3. The molecule has 0 saturated carbocycles. The average molecular weight is 220 g/mol. The van der Waals surface area contributed by atoms with E-state index >= 15 is 0 Å². The van der Waals surface area contributed by atoms with E-state index in [9.17, 15) is 0 Å². The SMILES string of the molecule is CC(CCCO)Nc1ccc2n[nH]nc2c1. The van der Waals surface area contributed by atoms with E-state index in [1.54, 1.807) is 0 Å². The molecular weight excluding hydrogens is 204 g/mol. The molecule has 0 fully saturated rings. The van der Waals surface area contributed by atoms with Crippen LogP contribution in [0.3, 0.4) is 0 Å². The summed E-state index contributed by atoms with van der Waals surface area (Å²) in [7, 11) is 0. The van der Waals surface area contributed by atoms with Gasteiger partial charge in [-0.2, -0.15) is 15.4 Å². The Labute approximate surface area is 93.9 Å². The zero-order valence-corrected chi connectivity index (χ0v) is 9.27. The minimum atomic E-state index is 0.244. The monoisotopic (exact) mass is 220 g/mol. The molecule has 3 N–H and O–H groups in total. The zero-order valence-electron chi connectivity index (χ0n) is 9.27. The van der Waals surface area contributed by atoms with Gasteiger partial charge in [0, 0.05) is 18.3 Å². The van der Waals surface area contributed by atoms with Crippen molar-refractivity contribution < 1.29 is 5.11 Å². The van der Waals surface area contributed by atoms with Crippen LogP contribution in [0.5, 0.6) is 0 Å². The molecule has 0 aliphatic carbocycles. The van der Waals surface area contributed by atoms with Gasteiger partial charge >= 0.3 is 0 Å². The van der Waals surface area contributed by atoms with E-state index in [0.29, 0.717) is 6.04 Å². The van der Waals surface area contributed by atoms with E-state index in [2.05, 4.69) is 27.7 Å². The molecule has 5 heteroatoms. The van der Waals surface area contributed by atoms with Crippen LogP contribution >= 0.6 is 0 Å². The second-order valence-electron chi connectivity index (χ2n) is 3.94. The number of rotatable bonds is 5. The number of aliphatic hydroxyl groups excluding tert-OH is 1. The Morgan fingerprint density at radius 3 is 3.00 bits per heavy atom. The number of hydrogen-bond acceptors (Lipinski definition) is 4. The molecule has 1 atom stereocenters. The molecule has 2 aromatic rings. The number of fused-ring (bicyclic) bond motifs is 1. The Balaban J connectivity index is 2.03. The van der Waals surface area contributed by atoms with E-state index in [0.717, 1.165) is 29.6 Å². The lowest BCUT2D eigenvalue weighted by molar-refractivity contribution is 0.282. The van der Waals surface area contributed by atoms with Gasteiger partial charge in [0.2, 0.25) is 0 Å². The molecule has 1 unspecified atom stereocenters. The molecule has 1 heterocycles. The standard InChI is InChI=1S/C11H16N4O/c1-8(3-2-6-16)12-9-4-5-10-11(7-9)14-15-13-10/h4-5,7-8,12,16H,2-3,6H2,1H3,(H,13,14,15). The molecule has 0 amide bonds. The van der Waals surface area contributed by atoms with Crippen LogP contribution in [0.4, 0.5) is 5.69 Å². The third-order valence-corrected chi connectivity index (χ3v) is 2.52. The maximum atomic E-state index is 8.74. The lowest BCUT2D eigenvalue weighted by atomic mass is 10.1. The van der Waals surface area contributed by atoms with Gasteiger partial charge in [0.05, 0.1) is 0 Å². The molecule has 0 spiro atoms. The van der Waals surface area contributed by atoms with Gasteiger partial charge in [-0.25, -0.2) is 0 Å². The molecule has 0 radical (unpaired) electrons. The van der Waals surface area contributed by atoms with Gasteiger partial charge < -0.3 is 10.4 Å². The summed E-state index contributed by atoms with van der Waals surface area (Å²) in [6, 6.07) is 6.23. The van der Waals surface area contributed by atoms with Gasteiger partial charge in [0.15, 0.2) is 0 Å². The Morgan fingerprint density at radius 2 is 2.19 bits per heavy atom. The normalized spacial score (nSPS) is 12.9. The average Bonchev–Trinajstić information content (AvgIpc) is 2.73. The smallest absolute Gasteiger partial charge is 0.115 e. The third-order valence-electron chi connectivity index (χ3n) is 2.52. The first kappa shape index (κ1) is 10.9. The first-order chi connectivity index (χ1) is 7.79. The second kappa shape index (κ2) is 4.94. The van der Waals surface area contributed by atoms with Crippen LogP contribution in [0, 0.1) is 0 Å². The fourth-order valence-electron chi connectivity index (χ4n) is 1.68. The maximum absolute atomic E-state index is 8.74. The minimum absolute atomic E-state index is 0.244. The highest BCUT2D eigenvalue weighted by Crippen LogP contribution is 2.16. The fraction of sp³-hybridized carbons (Fsp3) is 0.455. The summed E-state index contributed by atoms with van der Waals surface area (Å²) in [6.45, 7) is 2.34. The zero-order chi connectivity index (χ0) is 11.4. The van der Waals surface area contributed by atoms with Crippen molar-refractivity contribution in [3.05, 3.63) is 18.2 Å². The number of nitrogens with one attached hydrogen (secondary N) is 2. The van der Waals surface area contributed by atoms with Gasteiger partial charge in [-0.05, 0) is 38.0 Å². The Bertz CT molecular complexity index is 454. The molecule has 1 aromatic carbocycles. The van der Waals surface area contributed by atoms with Gasteiger partial charge in [-0.15, -0.1) is 0 Å². The third kappa shape index (κ3) is 2.49. The Hall–Kier alpha value is -1.62. The number of H-pyrrole nitrogens is 1. The van der Waals surface area contributed by atoms with Crippen LogP contribution in [-0.4, -0.2) is 33.2 Å². The first-order valence-electron chi connectivity index (χ1n) is 5.47. The predicted octanol–water partition coefficient (Wildman–Crippen LogP) is 1.53. The summed E-state index contributed by atoms with van der Waals surface area (Å²) >= 11 is 0. The highest BCUT2D eigenvalue weighted by molar-refractivity contribution is 5.77. The summed E-state index contributed by atoms with van der Waals surface area (Å²) in [5, 5.41) is 22.7. The van der Waals surface area contributed by atoms with Crippen LogP contribution in [0.2, 0.25) is 0 Å². The summed E-state index contributed by atoms with van der Waals surface area (Å²) < 4.78 is 0. The summed E-state index contributed by atoms with van der Waals surface area (Å²) in [5.74, 6) is 0. The van der Waals surface area contributed by atoms with Gasteiger partial charge in [-0.1, -0.05) is 0 Å². The van der Waals surface area contributed by atoms with Crippen molar-refractivity contribution in [2.45, 2.75) is 25.8 Å². The van der Waals surface area contributed by atoms with Crippen LogP contribution in [0.25, 0.3) is 11.0 Å². The highest BCUT2D eigenvalue weighted by Gasteiger charge is 2.03. The second-order valence-corrected chi connectivity index (χ2v) is 3.94. The van der Waals surface area contributed by atoms with Crippen molar-refractivity contribution in [1.29, 1.82) is 0 Å². The molecule has 86 valence electrons. The van der Waals surface area contributed by atoms with Crippen molar-refractivity contribution in [2.24, 2.45) is 0 Å². The largest absolute Gasteiger partial charge is 0.396 e. The lowest BCUT2D eigenvalue weighted by Gasteiger charge is -2.14. The molecule has 5 nitrogen and oxygen atoms in total. The lowest BCUT2D eigenvalue weighted by Crippen LogP contribution is -2.15. The van der Waals surface area contributed by atoms with Crippen molar-refractivity contribution in [3.8, 4) is 0 Å². The van der Waals surface area contributed by atoms with Crippen molar-refractivity contribution in [2.75, 3.05) is 11.9 Å². The maximum Gasteiger partial charge on any atom is 0.115 e. The molecule has 1 aromatic heterocycles. The molecule has 0 bridgehead atoms. The van der Waals surface area contributed by atoms with Crippen molar-refractivity contribution in [1.82, 2.24) is 15.4 Å². The fourth-order valence-corrected chi connectivity index (χ4v) is 1.68. The van der Waals surface area contributed by atoms with Crippen LogP contribution in [0.1, 0.15) is 19.8 Å². The summed E-state index contributed by atoms with van der Waals surface area (Å²) in [6.07, 6.45) is 1.77. The van der Waals surface area contributed by atoms with Gasteiger partial charge in [-0.3, -0.25) is 0 Å². The number of aliphatic hydroxyl groups is 1. The summed E-state index contributed by atoms with van der Waals surface area (Å²) in [4.78, 5) is 0. The van der Waals surface area contributed by atoms with Gasteiger partial charge in [0.1, 0.15) is 11.0 Å². The number of benzene rings is 1. The molecule has 0 aliphatic rings. The van der Waals surface area contributed by atoms with Crippen LogP contribution in [0.15, 0.2) is 18.2 Å². The Morgan fingerprint density at radius 1 is 1.38 bits per heavy atom. The minimum Gasteiger partial charge on any atom is -0.396 e. The van der Waals surface area contributed by atoms with Gasteiger partial charge in [0.25, 0.3) is 0 Å². The van der Waals surface area contributed by atoms with Crippen LogP contribution < -0.4 is 5.32 Å². The molecule has 16 heavy (non-hydrogen) atoms. The number of nitrogens with zero attached hydrogens (tertiary/aromatic N) is 2. The topological polar surface area (TPSA) is 73.8 Å². The highest BCUT2D eigenvalue weighted by atomic mass is 16.2. The van der Waals surface area contributed by atoms with E-state index in [4.69, 9.17) is 5.11 Å². The summed E-state index contributed by atoms with van der Waals surface area (Å²) in [5.41, 5.74) is 2.76. The van der Waals surface area contributed by atoms with E-state index in [1.807, 2.05) is 18.2 Å². The van der Waals surface area contributed by atoms with Crippen molar-refractivity contribution >= 4 is 16.7 Å². The first-order valence-corrected chi connectivity index (χ1v) is 5.47. The molecule has 0 saturated heterocycles. The predicted molar refractivity (Wildman–Crippen MR) is 63.3 cm³/mol. The Kier molecular flexibility index (Phi) is 3.36. The molecule has 2 rings (SSSR count). The van der Waals surface area contributed by atoms with E-state index in [1.165, 1.54) is 0 Å². The number of aromatic amines is 1. The molecule has 0 aliphatic heterocycles. The number of hydrogen-bond donors (Lipinski definition) is 3.